The molecule has 1 aliphatic heterocycles. The Morgan fingerprint density at radius 3 is 2.33 bits per heavy atom. The molecule has 0 atom stereocenters. The van der Waals surface area contributed by atoms with E-state index in [0.29, 0.717) is 11.3 Å². The number of hydrogen-bond donors (Lipinski definition) is 0. The van der Waals surface area contributed by atoms with Crippen LogP contribution in [-0.2, 0) is 9.53 Å². The number of carbonyl (C=O) groups is 1. The van der Waals surface area contributed by atoms with Crippen LogP contribution in [0, 0.1) is 10.5 Å². The van der Waals surface area contributed by atoms with Crippen LogP contribution in [0.15, 0.2) is 60.2 Å². The highest BCUT2D eigenvalue weighted by Gasteiger charge is 2.21. The molecule has 3 heteroatoms. The minimum atomic E-state index is -0.302. The normalized spacial score (nSPS) is 16.0. The fraction of sp³-hybridized carbons (Fsp3) is 0.0556. The number of hydrogen-bond acceptors (Lipinski definition) is 2. The zero-order chi connectivity index (χ0) is 14.8. The van der Waals surface area contributed by atoms with Gasteiger partial charge in [-0.3, -0.25) is 0 Å². The van der Waals surface area contributed by atoms with Gasteiger partial charge >= 0.3 is 5.97 Å². The van der Waals surface area contributed by atoms with Gasteiger partial charge in [0.2, 0.25) is 0 Å². The molecule has 0 radical (unpaired) electrons. The molecule has 0 aromatic heterocycles. The van der Waals surface area contributed by atoms with Crippen LogP contribution in [-0.4, -0.2) is 5.97 Å². The summed E-state index contributed by atoms with van der Waals surface area (Å²) in [5.74, 6) is 0.306. The zero-order valence-electron chi connectivity index (χ0n) is 11.5. The van der Waals surface area contributed by atoms with Crippen LogP contribution >= 0.6 is 22.6 Å². The van der Waals surface area contributed by atoms with Gasteiger partial charge in [-0.05, 0) is 59.4 Å². The van der Waals surface area contributed by atoms with E-state index in [1.807, 2.05) is 61.5 Å². The van der Waals surface area contributed by atoms with Crippen molar-refractivity contribution >= 4 is 40.4 Å². The largest absolute Gasteiger partial charge is 0.422 e. The Labute approximate surface area is 137 Å². The van der Waals surface area contributed by atoms with Gasteiger partial charge in [0.15, 0.2) is 0 Å². The highest BCUT2D eigenvalue weighted by Crippen LogP contribution is 2.27. The summed E-state index contributed by atoms with van der Waals surface area (Å²) in [4.78, 5) is 12.0. The smallest absolute Gasteiger partial charge is 0.343 e. The van der Waals surface area contributed by atoms with E-state index in [-0.39, 0.29) is 5.97 Å². The molecule has 2 nitrogen and oxygen atoms in total. The molecule has 1 heterocycles. The molecule has 0 aliphatic carbocycles. The molecule has 3 rings (SSSR count). The van der Waals surface area contributed by atoms with Crippen molar-refractivity contribution < 1.29 is 9.53 Å². The van der Waals surface area contributed by atoms with Crippen LogP contribution in [0.25, 0.3) is 11.8 Å². The molecule has 0 amide bonds. The van der Waals surface area contributed by atoms with E-state index >= 15 is 0 Å². The lowest BCUT2D eigenvalue weighted by Crippen LogP contribution is -1.97. The van der Waals surface area contributed by atoms with Gasteiger partial charge in [0.25, 0.3) is 0 Å². The van der Waals surface area contributed by atoms with Crippen molar-refractivity contribution in [2.75, 3.05) is 0 Å². The third kappa shape index (κ3) is 3.24. The van der Waals surface area contributed by atoms with Gasteiger partial charge in [-0.25, -0.2) is 4.79 Å². The number of aryl methyl sites for hydroxylation is 1. The monoisotopic (exact) mass is 388 g/mol. The third-order valence-corrected chi connectivity index (χ3v) is 3.97. The van der Waals surface area contributed by atoms with Gasteiger partial charge in [0.1, 0.15) is 5.76 Å². The first kappa shape index (κ1) is 14.1. The third-order valence-electron chi connectivity index (χ3n) is 3.25. The Morgan fingerprint density at radius 1 is 1.00 bits per heavy atom. The van der Waals surface area contributed by atoms with E-state index in [0.717, 1.165) is 11.1 Å². The van der Waals surface area contributed by atoms with E-state index in [1.165, 1.54) is 9.13 Å². The number of carbonyl (C=O) groups excluding carboxylic acids is 1. The first-order valence-corrected chi connectivity index (χ1v) is 7.68. The lowest BCUT2D eigenvalue weighted by Gasteiger charge is -2.01. The number of rotatable bonds is 2. The van der Waals surface area contributed by atoms with Crippen molar-refractivity contribution in [1.29, 1.82) is 0 Å². The molecule has 1 aliphatic rings. The van der Waals surface area contributed by atoms with Gasteiger partial charge < -0.3 is 4.74 Å². The minimum Gasteiger partial charge on any atom is -0.422 e. The molecule has 0 N–H and O–H groups in total. The first-order valence-electron chi connectivity index (χ1n) is 6.60. The van der Waals surface area contributed by atoms with Crippen molar-refractivity contribution in [3.8, 4) is 0 Å². The molecule has 21 heavy (non-hydrogen) atoms. The number of ether oxygens (including phenoxy) is 1. The minimum absolute atomic E-state index is 0.302. The maximum Gasteiger partial charge on any atom is 0.343 e. The fourth-order valence-corrected chi connectivity index (χ4v) is 2.45. The Hall–Kier alpha value is -1.88. The Bertz CT molecular complexity index is 738. The predicted octanol–water partition coefficient (Wildman–Crippen LogP) is 4.58. The molecular weight excluding hydrogens is 375 g/mol. The van der Waals surface area contributed by atoms with Crippen LogP contribution in [0.1, 0.15) is 16.7 Å². The van der Waals surface area contributed by atoms with E-state index in [4.69, 9.17) is 4.74 Å². The van der Waals surface area contributed by atoms with Gasteiger partial charge in [-0.1, -0.05) is 42.0 Å². The molecule has 0 saturated heterocycles. The van der Waals surface area contributed by atoms with Crippen molar-refractivity contribution in [2.24, 2.45) is 0 Å². The molecule has 0 saturated carbocycles. The summed E-state index contributed by atoms with van der Waals surface area (Å²) >= 11 is 2.25. The molecule has 0 spiro atoms. The number of benzene rings is 2. The van der Waals surface area contributed by atoms with E-state index in [9.17, 15) is 4.79 Å². The first-order chi connectivity index (χ1) is 10.1. The second-order valence-corrected chi connectivity index (χ2v) is 6.16. The summed E-state index contributed by atoms with van der Waals surface area (Å²) in [7, 11) is 0. The van der Waals surface area contributed by atoms with Crippen LogP contribution < -0.4 is 0 Å². The van der Waals surface area contributed by atoms with Crippen LogP contribution in [0.5, 0.6) is 0 Å². The summed E-state index contributed by atoms with van der Waals surface area (Å²) in [6.45, 7) is 2.03. The summed E-state index contributed by atoms with van der Waals surface area (Å²) in [6.07, 6.45) is 3.64. The van der Waals surface area contributed by atoms with Gasteiger partial charge in [0.05, 0.1) is 5.57 Å². The number of esters is 1. The second kappa shape index (κ2) is 5.85. The second-order valence-electron chi connectivity index (χ2n) is 4.92. The quantitative estimate of drug-likeness (QED) is 0.428. The molecule has 0 unspecified atom stereocenters. The topological polar surface area (TPSA) is 26.3 Å². The highest BCUT2D eigenvalue weighted by molar-refractivity contribution is 14.1. The zero-order valence-corrected chi connectivity index (χ0v) is 13.6. The van der Waals surface area contributed by atoms with Gasteiger partial charge in [-0.2, -0.15) is 0 Å². The highest BCUT2D eigenvalue weighted by atomic mass is 127. The Kier molecular flexibility index (Phi) is 3.92. The molecule has 2 aromatic carbocycles. The number of halogens is 1. The SMILES string of the molecule is Cc1ccc(C2=C/C(=C\c3ccc(I)cc3)C(=O)O2)cc1. The maximum absolute atomic E-state index is 12.0. The fourth-order valence-electron chi connectivity index (χ4n) is 2.09. The number of cyclic esters (lactones) is 1. The van der Waals surface area contributed by atoms with Crippen LogP contribution in [0.2, 0.25) is 0 Å². The average molecular weight is 388 g/mol. The summed E-state index contributed by atoms with van der Waals surface area (Å²) in [5, 5.41) is 0. The summed E-state index contributed by atoms with van der Waals surface area (Å²) in [6, 6.07) is 15.9. The van der Waals surface area contributed by atoms with Crippen molar-refractivity contribution in [3.05, 3.63) is 80.4 Å². The van der Waals surface area contributed by atoms with E-state index in [1.54, 1.807) is 6.08 Å². The van der Waals surface area contributed by atoms with Crippen LogP contribution in [0.4, 0.5) is 0 Å². The summed E-state index contributed by atoms with van der Waals surface area (Å²) < 4.78 is 6.51. The van der Waals surface area contributed by atoms with Crippen LogP contribution in [0.3, 0.4) is 0 Å². The van der Waals surface area contributed by atoms with E-state index < -0.39 is 0 Å². The lowest BCUT2D eigenvalue weighted by molar-refractivity contribution is -0.130. The van der Waals surface area contributed by atoms with Crippen molar-refractivity contribution in [3.63, 3.8) is 0 Å². The molecular formula is C18H13IO2. The van der Waals surface area contributed by atoms with E-state index in [2.05, 4.69) is 22.6 Å². The standard InChI is InChI=1S/C18H13IO2/c1-12-2-6-14(7-3-12)17-11-15(18(20)21-17)10-13-4-8-16(19)9-5-13/h2-11H,1H3/b15-10+. The molecule has 104 valence electrons. The molecule has 0 bridgehead atoms. The Balaban J connectivity index is 1.91. The molecule has 2 aromatic rings. The molecule has 0 fully saturated rings. The van der Waals surface area contributed by atoms with Gasteiger partial charge in [0, 0.05) is 9.13 Å². The van der Waals surface area contributed by atoms with Crippen molar-refractivity contribution in [1.82, 2.24) is 0 Å². The van der Waals surface area contributed by atoms with Crippen molar-refractivity contribution in [2.45, 2.75) is 6.92 Å². The lowest BCUT2D eigenvalue weighted by atomic mass is 10.1. The predicted molar refractivity (Wildman–Crippen MR) is 92.4 cm³/mol. The van der Waals surface area contributed by atoms with Gasteiger partial charge in [-0.15, -0.1) is 0 Å². The summed E-state index contributed by atoms with van der Waals surface area (Å²) in [5.41, 5.74) is 3.66. The average Bonchev–Trinajstić information content (AvgIpc) is 2.83. The Morgan fingerprint density at radius 2 is 1.67 bits per heavy atom. The maximum atomic E-state index is 12.0.